The predicted octanol–water partition coefficient (Wildman–Crippen LogP) is 2.89. The van der Waals surface area contributed by atoms with Crippen molar-refractivity contribution in [2.45, 2.75) is 52.5 Å². The van der Waals surface area contributed by atoms with Gasteiger partial charge in [-0.2, -0.15) is 0 Å². The van der Waals surface area contributed by atoms with E-state index in [1.807, 2.05) is 32.2 Å². The highest BCUT2D eigenvalue weighted by molar-refractivity contribution is 5.75. The zero-order valence-corrected chi connectivity index (χ0v) is 13.6. The summed E-state index contributed by atoms with van der Waals surface area (Å²) >= 11 is 0. The van der Waals surface area contributed by atoms with E-state index in [0.717, 1.165) is 37.1 Å². The van der Waals surface area contributed by atoms with Crippen LogP contribution >= 0.6 is 0 Å². The second-order valence-corrected chi connectivity index (χ2v) is 5.79. The van der Waals surface area contributed by atoms with Crippen LogP contribution in [0.3, 0.4) is 0 Å². The number of aromatic nitrogens is 1. The molecule has 4 heteroatoms. The smallest absolute Gasteiger partial charge is 0.222 e. The van der Waals surface area contributed by atoms with E-state index in [1.54, 1.807) is 4.90 Å². The van der Waals surface area contributed by atoms with E-state index >= 15 is 0 Å². The van der Waals surface area contributed by atoms with Gasteiger partial charge in [-0.25, -0.2) is 0 Å². The highest BCUT2D eigenvalue weighted by atomic mass is 16.2. The lowest BCUT2D eigenvalue weighted by atomic mass is 9.94. The Morgan fingerprint density at radius 3 is 2.71 bits per heavy atom. The molecule has 1 amide bonds. The summed E-state index contributed by atoms with van der Waals surface area (Å²) < 4.78 is 0. The quantitative estimate of drug-likeness (QED) is 0.761. The first-order valence-electron chi connectivity index (χ1n) is 7.93. The maximum absolute atomic E-state index is 12.2. The van der Waals surface area contributed by atoms with Gasteiger partial charge in [0.2, 0.25) is 5.91 Å². The van der Waals surface area contributed by atoms with E-state index in [1.165, 1.54) is 0 Å². The molecule has 0 saturated carbocycles. The van der Waals surface area contributed by atoms with Gasteiger partial charge >= 0.3 is 0 Å². The predicted molar refractivity (Wildman–Crippen MR) is 86.8 cm³/mol. The summed E-state index contributed by atoms with van der Waals surface area (Å²) in [4.78, 5) is 18.4. The van der Waals surface area contributed by atoms with Crippen LogP contribution in [0.2, 0.25) is 0 Å². The van der Waals surface area contributed by atoms with Crippen LogP contribution in [0.4, 0.5) is 0 Å². The topological polar surface area (TPSA) is 59.2 Å². The fourth-order valence-electron chi connectivity index (χ4n) is 2.61. The molecular formula is C17H29N3O. The highest BCUT2D eigenvalue weighted by Crippen LogP contribution is 2.17. The van der Waals surface area contributed by atoms with Crippen LogP contribution < -0.4 is 5.73 Å². The van der Waals surface area contributed by atoms with Crippen molar-refractivity contribution in [2.24, 2.45) is 11.7 Å². The molecular weight excluding hydrogens is 262 g/mol. The molecule has 0 spiro atoms. The van der Waals surface area contributed by atoms with Gasteiger partial charge in [-0.15, -0.1) is 0 Å². The Bertz CT molecular complexity index is 428. The largest absolute Gasteiger partial charge is 0.340 e. The Labute approximate surface area is 128 Å². The molecule has 0 aliphatic carbocycles. The Balaban J connectivity index is 2.43. The minimum atomic E-state index is 0.191. The van der Waals surface area contributed by atoms with Crippen molar-refractivity contribution in [1.82, 2.24) is 9.88 Å². The van der Waals surface area contributed by atoms with Crippen molar-refractivity contribution in [1.29, 1.82) is 0 Å². The summed E-state index contributed by atoms with van der Waals surface area (Å²) in [5.74, 6) is 0.769. The fourth-order valence-corrected chi connectivity index (χ4v) is 2.61. The molecule has 0 saturated heterocycles. The maximum Gasteiger partial charge on any atom is 0.222 e. The zero-order valence-electron chi connectivity index (χ0n) is 13.6. The Morgan fingerprint density at radius 1 is 1.33 bits per heavy atom. The number of carbonyl (C=O) groups is 1. The van der Waals surface area contributed by atoms with E-state index in [2.05, 4.69) is 11.9 Å². The molecule has 0 bridgehead atoms. The number of pyridine rings is 1. The molecule has 0 radical (unpaired) electrons. The monoisotopic (exact) mass is 291 g/mol. The van der Waals surface area contributed by atoms with Crippen LogP contribution in [0.15, 0.2) is 18.2 Å². The molecule has 1 rings (SSSR count). The number of amides is 1. The van der Waals surface area contributed by atoms with Gasteiger partial charge in [0.25, 0.3) is 0 Å². The molecule has 0 aliphatic rings. The zero-order chi connectivity index (χ0) is 15.7. The third-order valence-corrected chi connectivity index (χ3v) is 3.81. The Kier molecular flexibility index (Phi) is 7.98. The van der Waals surface area contributed by atoms with Crippen LogP contribution in [0, 0.1) is 12.8 Å². The van der Waals surface area contributed by atoms with Gasteiger partial charge in [0.15, 0.2) is 0 Å². The molecule has 21 heavy (non-hydrogen) atoms. The average molecular weight is 291 g/mol. The van der Waals surface area contributed by atoms with Crippen LogP contribution in [0.5, 0.6) is 0 Å². The third-order valence-electron chi connectivity index (χ3n) is 3.81. The number of rotatable bonds is 9. The van der Waals surface area contributed by atoms with E-state index in [9.17, 15) is 4.79 Å². The molecule has 1 heterocycles. The molecule has 1 atom stereocenters. The minimum Gasteiger partial charge on any atom is -0.340 e. The molecule has 4 nitrogen and oxygen atoms in total. The van der Waals surface area contributed by atoms with Crippen molar-refractivity contribution >= 4 is 5.91 Å². The summed E-state index contributed by atoms with van der Waals surface area (Å²) in [7, 11) is 1.85. The average Bonchev–Trinajstić information content (AvgIpc) is 2.45. The lowest BCUT2D eigenvalue weighted by Gasteiger charge is -2.19. The van der Waals surface area contributed by atoms with Gasteiger partial charge in [-0.3, -0.25) is 9.78 Å². The molecule has 0 aliphatic heterocycles. The summed E-state index contributed by atoms with van der Waals surface area (Å²) in [6.45, 7) is 5.44. The van der Waals surface area contributed by atoms with Crippen LogP contribution in [-0.2, 0) is 11.3 Å². The number of hydrogen-bond acceptors (Lipinski definition) is 3. The normalized spacial score (nSPS) is 12.2. The summed E-state index contributed by atoms with van der Waals surface area (Å²) in [6, 6.07) is 5.91. The summed E-state index contributed by atoms with van der Waals surface area (Å²) in [6.07, 6.45) is 4.88. The number of aryl methyl sites for hydroxylation is 1. The first-order chi connectivity index (χ1) is 10.1. The molecule has 0 aromatic carbocycles. The minimum absolute atomic E-state index is 0.191. The Morgan fingerprint density at radius 2 is 2.10 bits per heavy atom. The van der Waals surface area contributed by atoms with Crippen LogP contribution in [0.1, 0.15) is 50.4 Å². The molecule has 1 aromatic heterocycles. The van der Waals surface area contributed by atoms with Crippen molar-refractivity contribution < 1.29 is 4.79 Å². The van der Waals surface area contributed by atoms with Gasteiger partial charge in [-0.05, 0) is 44.4 Å². The van der Waals surface area contributed by atoms with E-state index in [0.29, 0.717) is 25.4 Å². The molecule has 1 aromatic rings. The lowest BCUT2D eigenvalue weighted by molar-refractivity contribution is -0.130. The lowest BCUT2D eigenvalue weighted by Crippen LogP contribution is -2.27. The maximum atomic E-state index is 12.2. The van der Waals surface area contributed by atoms with Crippen molar-refractivity contribution in [3.05, 3.63) is 29.6 Å². The molecule has 0 fully saturated rings. The van der Waals surface area contributed by atoms with Crippen LogP contribution in [0.25, 0.3) is 0 Å². The third kappa shape index (κ3) is 6.71. The van der Waals surface area contributed by atoms with Crippen LogP contribution in [-0.4, -0.2) is 29.4 Å². The van der Waals surface area contributed by atoms with E-state index in [4.69, 9.17) is 5.73 Å². The molecule has 118 valence electrons. The first-order valence-corrected chi connectivity index (χ1v) is 7.93. The second kappa shape index (κ2) is 9.50. The Hall–Kier alpha value is -1.42. The summed E-state index contributed by atoms with van der Waals surface area (Å²) in [5, 5.41) is 0. The number of hydrogen-bond donors (Lipinski definition) is 1. The van der Waals surface area contributed by atoms with Gasteiger partial charge in [0.05, 0.1) is 12.2 Å². The van der Waals surface area contributed by atoms with E-state index in [-0.39, 0.29) is 5.91 Å². The van der Waals surface area contributed by atoms with Gasteiger partial charge in [0, 0.05) is 19.2 Å². The molecule has 2 N–H and O–H groups in total. The number of nitrogens with zero attached hydrogens (tertiary/aromatic N) is 2. The SMILES string of the molecule is CCCC(CCN)CCC(=O)N(C)Cc1cccc(C)n1. The van der Waals surface area contributed by atoms with Gasteiger partial charge in [-0.1, -0.05) is 25.8 Å². The van der Waals surface area contributed by atoms with Crippen molar-refractivity contribution in [3.63, 3.8) is 0 Å². The van der Waals surface area contributed by atoms with Gasteiger partial charge in [0.1, 0.15) is 0 Å². The standard InChI is InChI=1S/C17H29N3O/c1-4-6-15(11-12-18)9-10-17(21)20(3)13-16-8-5-7-14(2)19-16/h5,7-8,15H,4,6,9-13,18H2,1-3H3. The molecule has 1 unspecified atom stereocenters. The highest BCUT2D eigenvalue weighted by Gasteiger charge is 2.13. The summed E-state index contributed by atoms with van der Waals surface area (Å²) in [5.41, 5.74) is 7.57. The van der Waals surface area contributed by atoms with Crippen molar-refractivity contribution in [2.75, 3.05) is 13.6 Å². The van der Waals surface area contributed by atoms with Crippen molar-refractivity contribution in [3.8, 4) is 0 Å². The number of carbonyl (C=O) groups excluding carboxylic acids is 1. The number of nitrogens with two attached hydrogens (primary N) is 1. The first kappa shape index (κ1) is 17.6. The van der Waals surface area contributed by atoms with Gasteiger partial charge < -0.3 is 10.6 Å². The second-order valence-electron chi connectivity index (χ2n) is 5.79. The fraction of sp³-hybridized carbons (Fsp3) is 0.647. The van der Waals surface area contributed by atoms with E-state index < -0.39 is 0 Å².